The van der Waals surface area contributed by atoms with Crippen LogP contribution in [0.3, 0.4) is 0 Å². The van der Waals surface area contributed by atoms with Crippen molar-refractivity contribution >= 4 is 39.1 Å². The number of Topliss-reactive ketones (excluding diaryl/α,β-unsaturated/α-hetero) is 1. The SMILES string of the molecule is Cc1ccc2c(=O)c(OCC(=O)c3cccc4ccccc34)c(-c3ccc(Cl)cc3)oc2c1. The Labute approximate surface area is 195 Å². The lowest BCUT2D eigenvalue weighted by Gasteiger charge is -2.12. The molecule has 0 saturated carbocycles. The maximum absolute atomic E-state index is 13.3. The van der Waals surface area contributed by atoms with Crippen molar-refractivity contribution in [2.24, 2.45) is 0 Å². The second-order valence-corrected chi connectivity index (χ2v) is 8.27. The molecule has 162 valence electrons. The van der Waals surface area contributed by atoms with Gasteiger partial charge in [0.25, 0.3) is 0 Å². The van der Waals surface area contributed by atoms with Gasteiger partial charge in [0, 0.05) is 16.1 Å². The first-order chi connectivity index (χ1) is 16.0. The van der Waals surface area contributed by atoms with Crippen LogP contribution in [0.4, 0.5) is 0 Å². The molecule has 0 spiro atoms. The fourth-order valence-corrected chi connectivity index (χ4v) is 4.02. The second-order valence-electron chi connectivity index (χ2n) is 7.83. The van der Waals surface area contributed by atoms with Gasteiger partial charge in [0.2, 0.25) is 17.0 Å². The molecular formula is C28H19ClO4. The molecule has 5 rings (SSSR count). The monoisotopic (exact) mass is 454 g/mol. The van der Waals surface area contributed by atoms with Gasteiger partial charge in [-0.15, -0.1) is 0 Å². The van der Waals surface area contributed by atoms with Crippen LogP contribution >= 0.6 is 11.6 Å². The van der Waals surface area contributed by atoms with Crippen molar-refractivity contribution in [1.82, 2.24) is 0 Å². The van der Waals surface area contributed by atoms with Gasteiger partial charge in [0.1, 0.15) is 5.58 Å². The Morgan fingerprint density at radius 1 is 0.909 bits per heavy atom. The molecule has 0 fully saturated rings. The molecule has 0 amide bonds. The summed E-state index contributed by atoms with van der Waals surface area (Å²) in [5.41, 5.74) is 2.27. The molecule has 0 aliphatic carbocycles. The Morgan fingerprint density at radius 2 is 1.67 bits per heavy atom. The van der Waals surface area contributed by atoms with E-state index in [1.807, 2.05) is 49.4 Å². The number of fused-ring (bicyclic) bond motifs is 2. The maximum Gasteiger partial charge on any atom is 0.235 e. The minimum atomic E-state index is -0.327. The molecule has 0 radical (unpaired) electrons. The molecular weight excluding hydrogens is 436 g/mol. The molecule has 0 aliphatic rings. The van der Waals surface area contributed by atoms with Crippen LogP contribution < -0.4 is 10.2 Å². The number of ketones is 1. The van der Waals surface area contributed by atoms with E-state index in [1.165, 1.54) is 0 Å². The Morgan fingerprint density at radius 3 is 2.48 bits per heavy atom. The minimum absolute atomic E-state index is 0.00209. The molecule has 0 N–H and O–H groups in total. The Kier molecular flexibility index (Phi) is 5.45. The van der Waals surface area contributed by atoms with Crippen molar-refractivity contribution < 1.29 is 13.9 Å². The summed E-state index contributed by atoms with van der Waals surface area (Å²) in [6.07, 6.45) is 0. The topological polar surface area (TPSA) is 56.5 Å². The van der Waals surface area contributed by atoms with Gasteiger partial charge in [-0.3, -0.25) is 9.59 Å². The molecule has 1 heterocycles. The predicted octanol–water partition coefficient (Wildman–Crippen LogP) is 6.84. The number of carbonyl (C=O) groups excluding carboxylic acids is 1. The fourth-order valence-electron chi connectivity index (χ4n) is 3.89. The summed E-state index contributed by atoms with van der Waals surface area (Å²) in [5.74, 6) is 0.0417. The van der Waals surface area contributed by atoms with E-state index in [1.54, 1.807) is 42.5 Å². The Hall–Kier alpha value is -3.89. The summed E-state index contributed by atoms with van der Waals surface area (Å²) in [6.45, 7) is 1.63. The van der Waals surface area contributed by atoms with Crippen LogP contribution in [-0.2, 0) is 0 Å². The summed E-state index contributed by atoms with van der Waals surface area (Å²) in [6, 6.07) is 25.5. The predicted molar refractivity (Wildman–Crippen MR) is 131 cm³/mol. The summed E-state index contributed by atoms with van der Waals surface area (Å²) in [5, 5.41) is 2.76. The Bertz CT molecular complexity index is 1560. The molecule has 1 aromatic heterocycles. The molecule has 4 nitrogen and oxygen atoms in total. The van der Waals surface area contributed by atoms with Crippen LogP contribution in [-0.4, -0.2) is 12.4 Å². The highest BCUT2D eigenvalue weighted by Crippen LogP contribution is 2.32. The van der Waals surface area contributed by atoms with Gasteiger partial charge < -0.3 is 9.15 Å². The van der Waals surface area contributed by atoms with E-state index in [2.05, 4.69) is 0 Å². The number of halogens is 1. The van der Waals surface area contributed by atoms with Crippen molar-refractivity contribution in [3.8, 4) is 17.1 Å². The van der Waals surface area contributed by atoms with E-state index >= 15 is 0 Å². The molecule has 0 saturated heterocycles. The van der Waals surface area contributed by atoms with Crippen molar-refractivity contribution in [2.75, 3.05) is 6.61 Å². The third-order valence-corrected chi connectivity index (χ3v) is 5.80. The third-order valence-electron chi connectivity index (χ3n) is 5.55. The minimum Gasteiger partial charge on any atom is -0.478 e. The van der Waals surface area contributed by atoms with Gasteiger partial charge in [0.15, 0.2) is 12.4 Å². The van der Waals surface area contributed by atoms with E-state index in [0.29, 0.717) is 27.1 Å². The average molecular weight is 455 g/mol. The van der Waals surface area contributed by atoms with E-state index < -0.39 is 0 Å². The van der Waals surface area contributed by atoms with E-state index in [-0.39, 0.29) is 29.3 Å². The zero-order chi connectivity index (χ0) is 22.9. The van der Waals surface area contributed by atoms with E-state index in [0.717, 1.165) is 16.3 Å². The van der Waals surface area contributed by atoms with Crippen LogP contribution in [0.1, 0.15) is 15.9 Å². The molecule has 5 heteroatoms. The van der Waals surface area contributed by atoms with Crippen LogP contribution in [0.15, 0.2) is 94.1 Å². The van der Waals surface area contributed by atoms with E-state index in [9.17, 15) is 9.59 Å². The summed E-state index contributed by atoms with van der Waals surface area (Å²) in [7, 11) is 0. The first kappa shape index (κ1) is 21.0. The lowest BCUT2D eigenvalue weighted by Crippen LogP contribution is -2.17. The Balaban J connectivity index is 1.58. The molecule has 0 aliphatic heterocycles. The summed E-state index contributed by atoms with van der Waals surface area (Å²) >= 11 is 6.04. The van der Waals surface area contributed by atoms with Gasteiger partial charge in [-0.05, 0) is 59.7 Å². The second kappa shape index (κ2) is 8.57. The molecule has 33 heavy (non-hydrogen) atoms. The number of rotatable bonds is 5. The quantitative estimate of drug-likeness (QED) is 0.273. The lowest BCUT2D eigenvalue weighted by molar-refractivity contribution is 0.0922. The molecule has 0 atom stereocenters. The standard InChI is InChI=1S/C28H19ClO4/c1-17-9-14-23-25(15-17)33-27(19-10-12-20(29)13-11-19)28(26(23)31)32-16-24(30)22-8-4-6-18-5-2-3-7-21(18)22/h2-15H,16H2,1H3. The highest BCUT2D eigenvalue weighted by molar-refractivity contribution is 6.30. The lowest BCUT2D eigenvalue weighted by atomic mass is 10.0. The van der Waals surface area contributed by atoms with Gasteiger partial charge in [0.05, 0.1) is 5.39 Å². The fraction of sp³-hybridized carbons (Fsp3) is 0.0714. The van der Waals surface area contributed by atoms with Crippen LogP contribution in [0, 0.1) is 6.92 Å². The molecule has 0 bridgehead atoms. The third kappa shape index (κ3) is 4.01. The normalized spacial score (nSPS) is 11.1. The molecule has 5 aromatic rings. The summed E-state index contributed by atoms with van der Waals surface area (Å²) in [4.78, 5) is 26.4. The van der Waals surface area contributed by atoms with Crippen molar-refractivity contribution in [3.63, 3.8) is 0 Å². The van der Waals surface area contributed by atoms with Crippen molar-refractivity contribution in [1.29, 1.82) is 0 Å². The largest absolute Gasteiger partial charge is 0.478 e. The maximum atomic E-state index is 13.3. The number of benzene rings is 4. The number of hydrogen-bond acceptors (Lipinski definition) is 4. The van der Waals surface area contributed by atoms with Crippen molar-refractivity contribution in [3.05, 3.63) is 111 Å². The van der Waals surface area contributed by atoms with Gasteiger partial charge in [-0.1, -0.05) is 60.1 Å². The number of aryl methyl sites for hydroxylation is 1. The van der Waals surface area contributed by atoms with Crippen LogP contribution in [0.2, 0.25) is 5.02 Å². The first-order valence-corrected chi connectivity index (χ1v) is 10.9. The average Bonchev–Trinajstić information content (AvgIpc) is 2.83. The van der Waals surface area contributed by atoms with E-state index in [4.69, 9.17) is 20.8 Å². The highest BCUT2D eigenvalue weighted by atomic mass is 35.5. The zero-order valence-electron chi connectivity index (χ0n) is 17.8. The number of ether oxygens (including phenoxy) is 1. The van der Waals surface area contributed by atoms with Crippen LogP contribution in [0.25, 0.3) is 33.1 Å². The van der Waals surface area contributed by atoms with Crippen molar-refractivity contribution in [2.45, 2.75) is 6.92 Å². The zero-order valence-corrected chi connectivity index (χ0v) is 18.6. The smallest absolute Gasteiger partial charge is 0.235 e. The van der Waals surface area contributed by atoms with Gasteiger partial charge >= 0.3 is 0 Å². The molecule has 4 aromatic carbocycles. The van der Waals surface area contributed by atoms with Gasteiger partial charge in [-0.2, -0.15) is 0 Å². The molecule has 0 unspecified atom stereocenters. The highest BCUT2D eigenvalue weighted by Gasteiger charge is 2.20. The number of hydrogen-bond donors (Lipinski definition) is 0. The number of carbonyl (C=O) groups is 1. The summed E-state index contributed by atoms with van der Waals surface area (Å²) < 4.78 is 12.0. The van der Waals surface area contributed by atoms with Gasteiger partial charge in [-0.25, -0.2) is 0 Å². The first-order valence-electron chi connectivity index (χ1n) is 10.5. The van der Waals surface area contributed by atoms with Crippen LogP contribution in [0.5, 0.6) is 5.75 Å².